The van der Waals surface area contributed by atoms with E-state index in [0.29, 0.717) is 18.4 Å². The minimum Gasteiger partial charge on any atom is -0.478 e. The van der Waals surface area contributed by atoms with Crippen LogP contribution < -0.4 is 10.6 Å². The van der Waals surface area contributed by atoms with Crippen molar-refractivity contribution in [3.8, 4) is 0 Å². The minimum absolute atomic E-state index is 0.0930. The fourth-order valence-electron chi connectivity index (χ4n) is 2.80. The van der Waals surface area contributed by atoms with Gasteiger partial charge < -0.3 is 15.7 Å². The van der Waals surface area contributed by atoms with Crippen LogP contribution in [0, 0.1) is 5.92 Å². The summed E-state index contributed by atoms with van der Waals surface area (Å²) >= 11 is 0. The predicted octanol–water partition coefficient (Wildman–Crippen LogP) is 3.31. The molecule has 8 heteroatoms. The molecule has 3 N–H and O–H groups in total. The highest BCUT2D eigenvalue weighted by atomic mass is 19.4. The summed E-state index contributed by atoms with van der Waals surface area (Å²) in [6.45, 7) is 0.168. The topological polar surface area (TPSA) is 78.4 Å². The van der Waals surface area contributed by atoms with E-state index in [1.165, 1.54) is 12.1 Å². The van der Waals surface area contributed by atoms with Crippen molar-refractivity contribution in [1.82, 2.24) is 10.6 Å². The van der Waals surface area contributed by atoms with E-state index >= 15 is 0 Å². The van der Waals surface area contributed by atoms with Gasteiger partial charge in [-0.25, -0.2) is 9.59 Å². The Bertz CT molecular complexity index is 587. The van der Waals surface area contributed by atoms with E-state index in [2.05, 4.69) is 10.6 Å². The lowest BCUT2D eigenvalue weighted by atomic mass is 9.85. The van der Waals surface area contributed by atoms with Crippen LogP contribution in [-0.4, -0.2) is 29.3 Å². The summed E-state index contributed by atoms with van der Waals surface area (Å²) in [5.41, 5.74) is 0.843. The second kappa shape index (κ2) is 7.55. The fraction of sp³-hybridized carbons (Fsp3) is 0.500. The van der Waals surface area contributed by atoms with Crippen LogP contribution in [0.3, 0.4) is 0 Å². The van der Waals surface area contributed by atoms with Crippen molar-refractivity contribution in [2.24, 2.45) is 5.92 Å². The molecule has 2 rings (SSSR count). The molecule has 0 spiro atoms. The zero-order chi connectivity index (χ0) is 17.7. The first-order valence-electron chi connectivity index (χ1n) is 7.69. The van der Waals surface area contributed by atoms with E-state index in [4.69, 9.17) is 5.11 Å². The van der Waals surface area contributed by atoms with Gasteiger partial charge >= 0.3 is 18.2 Å². The van der Waals surface area contributed by atoms with Crippen LogP contribution in [0.25, 0.3) is 0 Å². The summed E-state index contributed by atoms with van der Waals surface area (Å²) in [4.78, 5) is 22.6. The molecule has 24 heavy (non-hydrogen) atoms. The number of halogens is 3. The van der Waals surface area contributed by atoms with Gasteiger partial charge in [-0.1, -0.05) is 18.6 Å². The van der Waals surface area contributed by atoms with Crippen LogP contribution in [-0.2, 0) is 6.54 Å². The van der Waals surface area contributed by atoms with Gasteiger partial charge in [0.05, 0.1) is 11.5 Å². The highest BCUT2D eigenvalue weighted by molar-refractivity contribution is 5.87. The average molecular weight is 344 g/mol. The SMILES string of the molecule is O=C(NCc1ccc(C(=O)O)cc1)NC1CCCC(C(F)(F)F)C1. The summed E-state index contributed by atoms with van der Waals surface area (Å²) < 4.78 is 38.2. The van der Waals surface area contributed by atoms with Crippen molar-refractivity contribution >= 4 is 12.0 Å². The predicted molar refractivity (Wildman–Crippen MR) is 80.6 cm³/mol. The maximum atomic E-state index is 12.7. The van der Waals surface area contributed by atoms with Crippen molar-refractivity contribution in [1.29, 1.82) is 0 Å². The number of amides is 2. The molecule has 0 bridgehead atoms. The summed E-state index contributed by atoms with van der Waals surface area (Å²) in [6, 6.07) is 4.98. The molecule has 2 unspecified atom stereocenters. The number of nitrogens with one attached hydrogen (secondary N) is 2. The van der Waals surface area contributed by atoms with Gasteiger partial charge in [-0.3, -0.25) is 0 Å². The van der Waals surface area contributed by atoms with Gasteiger partial charge in [0, 0.05) is 12.6 Å². The third-order valence-corrected chi connectivity index (χ3v) is 4.13. The maximum Gasteiger partial charge on any atom is 0.391 e. The Morgan fingerprint density at radius 2 is 1.83 bits per heavy atom. The number of carboxylic acids is 1. The number of hydrogen-bond acceptors (Lipinski definition) is 2. The highest BCUT2D eigenvalue weighted by Gasteiger charge is 2.42. The number of urea groups is 1. The number of benzene rings is 1. The molecule has 0 aromatic heterocycles. The molecule has 1 aromatic carbocycles. The monoisotopic (exact) mass is 344 g/mol. The number of alkyl halides is 3. The molecule has 0 radical (unpaired) electrons. The van der Waals surface area contributed by atoms with Gasteiger partial charge in [0.2, 0.25) is 0 Å². The molecule has 1 aliphatic carbocycles. The molecule has 1 fully saturated rings. The number of hydrogen-bond donors (Lipinski definition) is 3. The molecule has 2 atom stereocenters. The zero-order valence-corrected chi connectivity index (χ0v) is 12.9. The molecule has 1 aromatic rings. The van der Waals surface area contributed by atoms with E-state index in [-0.39, 0.29) is 24.9 Å². The second-order valence-electron chi connectivity index (χ2n) is 5.93. The van der Waals surface area contributed by atoms with Crippen LogP contribution >= 0.6 is 0 Å². The number of carbonyl (C=O) groups is 2. The molecule has 132 valence electrons. The molecule has 1 aliphatic rings. The van der Waals surface area contributed by atoms with E-state index in [9.17, 15) is 22.8 Å². The summed E-state index contributed by atoms with van der Waals surface area (Å²) in [5, 5.41) is 13.9. The van der Waals surface area contributed by atoms with Gasteiger partial charge in [-0.2, -0.15) is 13.2 Å². The first-order valence-corrected chi connectivity index (χ1v) is 7.69. The molecule has 5 nitrogen and oxygen atoms in total. The largest absolute Gasteiger partial charge is 0.478 e. The van der Waals surface area contributed by atoms with Crippen molar-refractivity contribution < 1.29 is 27.9 Å². The van der Waals surface area contributed by atoms with Crippen LogP contribution in [0.5, 0.6) is 0 Å². The smallest absolute Gasteiger partial charge is 0.391 e. The number of carboxylic acid groups (broad SMARTS) is 1. The van der Waals surface area contributed by atoms with Crippen molar-refractivity contribution in [3.05, 3.63) is 35.4 Å². The Hall–Kier alpha value is -2.25. The third kappa shape index (κ3) is 5.14. The Morgan fingerprint density at radius 1 is 1.17 bits per heavy atom. The number of rotatable bonds is 4. The average Bonchev–Trinajstić information content (AvgIpc) is 2.53. The standard InChI is InChI=1S/C16H19F3N2O3/c17-16(18,19)12-2-1-3-13(8-12)21-15(24)20-9-10-4-6-11(7-5-10)14(22)23/h4-7,12-13H,1-3,8-9H2,(H,22,23)(H2,20,21,24). The van der Waals surface area contributed by atoms with Crippen LogP contribution in [0.4, 0.5) is 18.0 Å². The Kier molecular flexibility index (Phi) is 5.69. The first kappa shape index (κ1) is 18.1. The highest BCUT2D eigenvalue weighted by Crippen LogP contribution is 2.37. The van der Waals surface area contributed by atoms with Gasteiger partial charge in [-0.15, -0.1) is 0 Å². The fourth-order valence-corrected chi connectivity index (χ4v) is 2.80. The van der Waals surface area contributed by atoms with Crippen molar-refractivity contribution in [3.63, 3.8) is 0 Å². The van der Waals surface area contributed by atoms with E-state index in [1.807, 2.05) is 0 Å². The first-order chi connectivity index (χ1) is 11.3. The molecule has 0 aliphatic heterocycles. The van der Waals surface area contributed by atoms with Gasteiger partial charge in [0.25, 0.3) is 0 Å². The van der Waals surface area contributed by atoms with E-state index in [0.717, 1.165) is 0 Å². The maximum absolute atomic E-state index is 12.7. The lowest BCUT2D eigenvalue weighted by molar-refractivity contribution is -0.183. The summed E-state index contributed by atoms with van der Waals surface area (Å²) in [7, 11) is 0. The normalized spacial score (nSPS) is 21.1. The van der Waals surface area contributed by atoms with Gasteiger partial charge in [-0.05, 0) is 37.0 Å². The summed E-state index contributed by atoms with van der Waals surface area (Å²) in [6.07, 6.45) is -3.23. The Balaban J connectivity index is 1.79. The lowest BCUT2D eigenvalue weighted by Gasteiger charge is -2.31. The quantitative estimate of drug-likeness (QED) is 0.784. The Labute approximate surface area is 137 Å². The molecule has 0 heterocycles. The molecular formula is C16H19F3N2O3. The Morgan fingerprint density at radius 3 is 2.42 bits per heavy atom. The third-order valence-electron chi connectivity index (χ3n) is 4.13. The molecular weight excluding hydrogens is 325 g/mol. The van der Waals surface area contributed by atoms with Crippen molar-refractivity contribution in [2.45, 2.75) is 44.4 Å². The molecule has 1 saturated carbocycles. The van der Waals surface area contributed by atoms with Crippen molar-refractivity contribution in [2.75, 3.05) is 0 Å². The van der Waals surface area contributed by atoms with Gasteiger partial charge in [0.15, 0.2) is 0 Å². The second-order valence-corrected chi connectivity index (χ2v) is 5.93. The van der Waals surface area contributed by atoms with Gasteiger partial charge in [0.1, 0.15) is 0 Å². The molecule has 0 saturated heterocycles. The molecule has 2 amide bonds. The minimum atomic E-state index is -4.22. The summed E-state index contributed by atoms with van der Waals surface area (Å²) in [5.74, 6) is -2.40. The number of aromatic carboxylic acids is 1. The van der Waals surface area contributed by atoms with Crippen LogP contribution in [0.1, 0.15) is 41.6 Å². The van der Waals surface area contributed by atoms with Crippen LogP contribution in [0.2, 0.25) is 0 Å². The zero-order valence-electron chi connectivity index (χ0n) is 12.9. The lowest BCUT2D eigenvalue weighted by Crippen LogP contribution is -2.45. The number of carbonyl (C=O) groups excluding carboxylic acids is 1. The van der Waals surface area contributed by atoms with E-state index < -0.39 is 30.1 Å². The van der Waals surface area contributed by atoms with Crippen LogP contribution in [0.15, 0.2) is 24.3 Å². The van der Waals surface area contributed by atoms with E-state index in [1.54, 1.807) is 12.1 Å².